The van der Waals surface area contributed by atoms with Gasteiger partial charge in [-0.1, -0.05) is 33.8 Å². The van der Waals surface area contributed by atoms with Crippen molar-refractivity contribution < 1.29 is 13.2 Å². The molecule has 0 saturated carbocycles. The molecule has 0 aliphatic rings. The van der Waals surface area contributed by atoms with Crippen molar-refractivity contribution in [1.29, 1.82) is 0 Å². The molecule has 2 aromatic heterocycles. The van der Waals surface area contributed by atoms with E-state index in [1.807, 2.05) is 0 Å². The molecule has 0 bridgehead atoms. The fourth-order valence-corrected chi connectivity index (χ4v) is 2.98. The minimum absolute atomic E-state index is 0.183. The number of pyridine rings is 1. The molecule has 0 radical (unpaired) electrons. The van der Waals surface area contributed by atoms with Crippen molar-refractivity contribution in [3.05, 3.63) is 29.7 Å². The summed E-state index contributed by atoms with van der Waals surface area (Å²) in [4.78, 5) is 3.83. The molecule has 1 unspecified atom stereocenters. The molecule has 0 spiro atoms. The first-order valence-corrected chi connectivity index (χ1v) is 7.47. The van der Waals surface area contributed by atoms with E-state index >= 15 is 0 Å². The molecule has 1 atom stereocenters. The maximum absolute atomic E-state index is 13.4. The summed E-state index contributed by atoms with van der Waals surface area (Å²) in [5.74, 6) is 0.368. The van der Waals surface area contributed by atoms with E-state index < -0.39 is 11.9 Å². The topological polar surface area (TPSA) is 30.2 Å². The third-order valence-corrected chi connectivity index (χ3v) is 3.66. The average Bonchev–Trinajstić information content (AvgIpc) is 2.79. The predicted octanol–water partition coefficient (Wildman–Crippen LogP) is 4.75. The Bertz CT molecular complexity index is 638. The molecular formula is C16H22F3N3. The smallest absolute Gasteiger partial charge is 0.215 e. The van der Waals surface area contributed by atoms with Crippen molar-refractivity contribution in [2.45, 2.75) is 53.1 Å². The van der Waals surface area contributed by atoms with Crippen LogP contribution in [0.1, 0.15) is 51.8 Å². The Labute approximate surface area is 128 Å². The molecular weight excluding hydrogens is 291 g/mol. The number of hydrogen-bond donors (Lipinski definition) is 0. The highest BCUT2D eigenvalue weighted by molar-refractivity contribution is 5.42. The van der Waals surface area contributed by atoms with Crippen LogP contribution in [0.5, 0.6) is 0 Å². The van der Waals surface area contributed by atoms with Crippen molar-refractivity contribution in [1.82, 2.24) is 14.6 Å². The van der Waals surface area contributed by atoms with E-state index in [2.05, 4.69) is 37.8 Å². The highest BCUT2D eigenvalue weighted by atomic mass is 19.4. The summed E-state index contributed by atoms with van der Waals surface area (Å²) < 4.78 is 41.0. The van der Waals surface area contributed by atoms with Gasteiger partial charge in [-0.2, -0.15) is 18.3 Å². The number of aryl methyl sites for hydroxylation is 1. The lowest BCUT2D eigenvalue weighted by Gasteiger charge is -2.23. The summed E-state index contributed by atoms with van der Waals surface area (Å²) >= 11 is 0. The van der Waals surface area contributed by atoms with Gasteiger partial charge in [-0.05, 0) is 42.2 Å². The first-order valence-electron chi connectivity index (χ1n) is 7.47. The zero-order chi connectivity index (χ0) is 16.5. The van der Waals surface area contributed by atoms with Gasteiger partial charge >= 0.3 is 6.18 Å². The summed E-state index contributed by atoms with van der Waals surface area (Å²) in [5.41, 5.74) is -0.0159. The van der Waals surface area contributed by atoms with Crippen LogP contribution in [0.25, 0.3) is 5.65 Å². The zero-order valence-corrected chi connectivity index (χ0v) is 13.4. The number of nitrogens with zero attached hydrogens (tertiary/aromatic N) is 3. The molecule has 22 heavy (non-hydrogen) atoms. The third kappa shape index (κ3) is 3.99. The van der Waals surface area contributed by atoms with Crippen LogP contribution in [0.2, 0.25) is 0 Å². The Morgan fingerprint density at radius 1 is 1.18 bits per heavy atom. The molecule has 2 rings (SSSR count). The van der Waals surface area contributed by atoms with Gasteiger partial charge in [0.25, 0.3) is 0 Å². The molecule has 0 aliphatic carbocycles. The van der Waals surface area contributed by atoms with E-state index in [0.717, 1.165) is 23.7 Å². The summed E-state index contributed by atoms with van der Waals surface area (Å²) in [6.45, 7) is 8.52. The number of aromatic nitrogens is 3. The lowest BCUT2D eigenvalue weighted by molar-refractivity contribution is -0.143. The standard InChI is InChI=1S/C16H22F3N3/c1-11(9-15(2,3)4)5-6-12-7-8-13-20-10-21-22(13)14(12)16(17,18)19/h7-8,10-11H,5-6,9H2,1-4H3. The molecule has 0 amide bonds. The molecule has 0 fully saturated rings. The van der Waals surface area contributed by atoms with Gasteiger partial charge in [-0.3, -0.25) is 0 Å². The van der Waals surface area contributed by atoms with Crippen LogP contribution in [0.15, 0.2) is 18.5 Å². The van der Waals surface area contributed by atoms with E-state index in [0.29, 0.717) is 12.3 Å². The highest BCUT2D eigenvalue weighted by Crippen LogP contribution is 2.34. The van der Waals surface area contributed by atoms with Crippen LogP contribution in [0.3, 0.4) is 0 Å². The molecule has 6 heteroatoms. The van der Waals surface area contributed by atoms with Crippen molar-refractivity contribution in [3.8, 4) is 0 Å². The maximum atomic E-state index is 13.4. The monoisotopic (exact) mass is 313 g/mol. The predicted molar refractivity (Wildman–Crippen MR) is 79.5 cm³/mol. The van der Waals surface area contributed by atoms with Gasteiger partial charge in [-0.25, -0.2) is 9.50 Å². The molecule has 2 aromatic rings. The van der Waals surface area contributed by atoms with Crippen molar-refractivity contribution >= 4 is 5.65 Å². The number of rotatable bonds is 4. The fourth-order valence-electron chi connectivity index (χ4n) is 2.98. The van der Waals surface area contributed by atoms with Crippen molar-refractivity contribution in [2.24, 2.45) is 11.3 Å². The second-order valence-electron chi connectivity index (χ2n) is 7.14. The van der Waals surface area contributed by atoms with Gasteiger partial charge in [0.05, 0.1) is 0 Å². The van der Waals surface area contributed by atoms with Crippen molar-refractivity contribution in [2.75, 3.05) is 0 Å². The second-order valence-corrected chi connectivity index (χ2v) is 7.14. The Hall–Kier alpha value is -1.59. The average molecular weight is 313 g/mol. The van der Waals surface area contributed by atoms with E-state index in [1.54, 1.807) is 6.07 Å². The lowest BCUT2D eigenvalue weighted by Crippen LogP contribution is -2.17. The Kier molecular flexibility index (Phi) is 4.49. The van der Waals surface area contributed by atoms with Crippen LogP contribution in [-0.2, 0) is 12.6 Å². The normalized spacial score (nSPS) is 14.5. The summed E-state index contributed by atoms with van der Waals surface area (Å²) in [6, 6.07) is 3.11. The molecule has 2 heterocycles. The zero-order valence-electron chi connectivity index (χ0n) is 13.4. The molecule has 0 aromatic carbocycles. The van der Waals surface area contributed by atoms with Gasteiger partial charge in [0.1, 0.15) is 6.33 Å². The largest absolute Gasteiger partial charge is 0.433 e. The summed E-state index contributed by atoms with van der Waals surface area (Å²) in [7, 11) is 0. The first-order chi connectivity index (χ1) is 10.1. The fraction of sp³-hybridized carbons (Fsp3) is 0.625. The van der Waals surface area contributed by atoms with Crippen LogP contribution >= 0.6 is 0 Å². The molecule has 0 N–H and O–H groups in total. The van der Waals surface area contributed by atoms with Gasteiger partial charge in [0.2, 0.25) is 0 Å². The minimum Gasteiger partial charge on any atom is -0.215 e. The number of fused-ring (bicyclic) bond motifs is 1. The van der Waals surface area contributed by atoms with E-state index in [-0.39, 0.29) is 16.6 Å². The highest BCUT2D eigenvalue weighted by Gasteiger charge is 2.37. The maximum Gasteiger partial charge on any atom is 0.433 e. The van der Waals surface area contributed by atoms with Gasteiger partial charge < -0.3 is 0 Å². The summed E-state index contributed by atoms with van der Waals surface area (Å²) in [5, 5.41) is 3.72. The minimum atomic E-state index is -4.43. The van der Waals surface area contributed by atoms with E-state index in [4.69, 9.17) is 0 Å². The molecule has 0 saturated heterocycles. The molecule has 3 nitrogen and oxygen atoms in total. The quantitative estimate of drug-likeness (QED) is 0.815. The lowest BCUT2D eigenvalue weighted by atomic mass is 9.83. The molecule has 0 aliphatic heterocycles. The number of halogens is 3. The third-order valence-electron chi connectivity index (χ3n) is 3.66. The second kappa shape index (κ2) is 5.89. The number of hydrogen-bond acceptors (Lipinski definition) is 2. The summed E-state index contributed by atoms with van der Waals surface area (Å²) in [6.07, 6.45) is -1.19. The van der Waals surface area contributed by atoms with E-state index in [1.165, 1.54) is 6.07 Å². The Morgan fingerprint density at radius 2 is 1.86 bits per heavy atom. The van der Waals surface area contributed by atoms with Crippen LogP contribution in [0.4, 0.5) is 13.2 Å². The van der Waals surface area contributed by atoms with Gasteiger partial charge in [-0.15, -0.1) is 0 Å². The van der Waals surface area contributed by atoms with Gasteiger partial charge in [0.15, 0.2) is 11.3 Å². The van der Waals surface area contributed by atoms with Gasteiger partial charge in [0, 0.05) is 0 Å². The van der Waals surface area contributed by atoms with Crippen LogP contribution < -0.4 is 0 Å². The SMILES string of the molecule is CC(CCc1ccc2ncnn2c1C(F)(F)F)CC(C)(C)C. The van der Waals surface area contributed by atoms with Crippen LogP contribution in [0, 0.1) is 11.3 Å². The molecule has 122 valence electrons. The van der Waals surface area contributed by atoms with Crippen LogP contribution in [-0.4, -0.2) is 14.6 Å². The number of alkyl halides is 3. The Morgan fingerprint density at radius 3 is 2.45 bits per heavy atom. The first kappa shape index (κ1) is 16.8. The Balaban J connectivity index is 2.24. The van der Waals surface area contributed by atoms with Crippen molar-refractivity contribution in [3.63, 3.8) is 0 Å². The van der Waals surface area contributed by atoms with E-state index in [9.17, 15) is 13.2 Å².